The Morgan fingerprint density at radius 3 is 2.45 bits per heavy atom. The van der Waals surface area contributed by atoms with E-state index in [1.54, 1.807) is 0 Å². The van der Waals surface area contributed by atoms with Crippen LogP contribution < -0.4 is 10.6 Å². The number of hydrogen-bond donors (Lipinski definition) is 2. The molecule has 1 unspecified atom stereocenters. The Morgan fingerprint density at radius 2 is 1.90 bits per heavy atom. The average Bonchev–Trinajstić information content (AvgIpc) is 2.74. The summed E-state index contributed by atoms with van der Waals surface area (Å²) in [4.78, 5) is 36.3. The Labute approximate surface area is 119 Å². The minimum Gasteiger partial charge on any atom is -0.343 e. The summed E-state index contributed by atoms with van der Waals surface area (Å²) in [6, 6.07) is -0.709. The van der Waals surface area contributed by atoms with E-state index in [4.69, 9.17) is 0 Å². The summed E-state index contributed by atoms with van der Waals surface area (Å²) in [5.41, 5.74) is 0. The van der Waals surface area contributed by atoms with Gasteiger partial charge in [-0.05, 0) is 38.0 Å². The molecule has 0 bridgehead atoms. The van der Waals surface area contributed by atoms with Crippen molar-refractivity contribution in [1.82, 2.24) is 15.5 Å². The maximum atomic E-state index is 12.2. The summed E-state index contributed by atoms with van der Waals surface area (Å²) in [6.07, 6.45) is 5.12. The second-order valence-corrected chi connectivity index (χ2v) is 5.97. The summed E-state index contributed by atoms with van der Waals surface area (Å²) >= 11 is 0. The van der Waals surface area contributed by atoms with Crippen molar-refractivity contribution in [3.8, 4) is 0 Å². The van der Waals surface area contributed by atoms with Gasteiger partial charge in [-0.25, -0.2) is 4.79 Å². The molecule has 2 rings (SSSR count). The molecule has 2 aliphatic rings. The Morgan fingerprint density at radius 1 is 1.25 bits per heavy atom. The van der Waals surface area contributed by atoms with Gasteiger partial charge in [-0.2, -0.15) is 0 Å². The molecule has 6 nitrogen and oxygen atoms in total. The fourth-order valence-electron chi connectivity index (χ4n) is 2.94. The first-order valence-corrected chi connectivity index (χ1v) is 7.34. The first-order valence-electron chi connectivity index (χ1n) is 7.34. The number of carbonyl (C=O) groups is 3. The van der Waals surface area contributed by atoms with Crippen LogP contribution in [0, 0.1) is 5.92 Å². The van der Waals surface area contributed by atoms with E-state index in [0.29, 0.717) is 18.9 Å². The minimum absolute atomic E-state index is 0.0542. The number of nitrogens with one attached hydrogen (secondary N) is 2. The molecule has 0 radical (unpaired) electrons. The van der Waals surface area contributed by atoms with Crippen molar-refractivity contribution >= 4 is 17.8 Å². The molecule has 4 amide bonds. The van der Waals surface area contributed by atoms with Crippen molar-refractivity contribution < 1.29 is 14.4 Å². The molecule has 1 aliphatic carbocycles. The van der Waals surface area contributed by atoms with Crippen LogP contribution in [0.15, 0.2) is 0 Å². The second-order valence-electron chi connectivity index (χ2n) is 5.97. The predicted octanol–water partition coefficient (Wildman–Crippen LogP) is 1.01. The van der Waals surface area contributed by atoms with Gasteiger partial charge in [0.25, 0.3) is 5.91 Å². The SMILES string of the molecule is CC1CCC(N(C)C(=O)CCC2NC(=O)NC2=O)CC1. The Kier molecular flexibility index (Phi) is 4.62. The van der Waals surface area contributed by atoms with Gasteiger partial charge in [-0.3, -0.25) is 14.9 Å². The van der Waals surface area contributed by atoms with Crippen molar-refractivity contribution in [2.75, 3.05) is 7.05 Å². The van der Waals surface area contributed by atoms with E-state index in [0.717, 1.165) is 18.8 Å². The van der Waals surface area contributed by atoms with Crippen molar-refractivity contribution in [2.45, 2.75) is 57.5 Å². The van der Waals surface area contributed by atoms with Gasteiger partial charge < -0.3 is 10.2 Å². The number of carbonyl (C=O) groups excluding carboxylic acids is 3. The molecule has 2 fully saturated rings. The van der Waals surface area contributed by atoms with Crippen LogP contribution >= 0.6 is 0 Å². The lowest BCUT2D eigenvalue weighted by Gasteiger charge is -2.33. The Bertz CT molecular complexity index is 402. The summed E-state index contributed by atoms with van der Waals surface area (Å²) in [6.45, 7) is 2.25. The molecule has 0 aromatic carbocycles. The van der Waals surface area contributed by atoms with Crippen LogP contribution in [0.2, 0.25) is 0 Å². The number of imide groups is 1. The third-order valence-corrected chi connectivity index (χ3v) is 4.43. The van der Waals surface area contributed by atoms with E-state index in [1.165, 1.54) is 12.8 Å². The monoisotopic (exact) mass is 281 g/mol. The van der Waals surface area contributed by atoms with Crippen LogP contribution in [-0.4, -0.2) is 41.9 Å². The van der Waals surface area contributed by atoms with Crippen molar-refractivity contribution in [3.05, 3.63) is 0 Å². The zero-order chi connectivity index (χ0) is 14.7. The molecule has 1 heterocycles. The highest BCUT2D eigenvalue weighted by atomic mass is 16.2. The van der Waals surface area contributed by atoms with Crippen LogP contribution in [0.3, 0.4) is 0 Å². The molecule has 1 saturated carbocycles. The van der Waals surface area contributed by atoms with E-state index in [2.05, 4.69) is 17.6 Å². The molecule has 1 saturated heterocycles. The Balaban J connectivity index is 1.77. The summed E-state index contributed by atoms with van der Waals surface area (Å²) in [5.74, 6) is 0.475. The molecule has 0 aromatic rings. The number of nitrogens with zero attached hydrogens (tertiary/aromatic N) is 1. The molecule has 6 heteroatoms. The number of amides is 4. The quantitative estimate of drug-likeness (QED) is 0.755. The van der Waals surface area contributed by atoms with Gasteiger partial charge in [0.1, 0.15) is 6.04 Å². The molecule has 20 heavy (non-hydrogen) atoms. The van der Waals surface area contributed by atoms with Gasteiger partial charge in [-0.1, -0.05) is 6.92 Å². The van der Waals surface area contributed by atoms with E-state index in [-0.39, 0.29) is 11.8 Å². The third-order valence-electron chi connectivity index (χ3n) is 4.43. The van der Waals surface area contributed by atoms with Crippen LogP contribution in [0.25, 0.3) is 0 Å². The van der Waals surface area contributed by atoms with E-state index < -0.39 is 12.1 Å². The highest BCUT2D eigenvalue weighted by Crippen LogP contribution is 2.26. The lowest BCUT2D eigenvalue weighted by molar-refractivity contribution is -0.133. The normalized spacial score (nSPS) is 29.8. The Hall–Kier alpha value is -1.59. The lowest BCUT2D eigenvalue weighted by atomic mass is 9.86. The van der Waals surface area contributed by atoms with E-state index >= 15 is 0 Å². The van der Waals surface area contributed by atoms with Gasteiger partial charge in [0.15, 0.2) is 0 Å². The zero-order valence-corrected chi connectivity index (χ0v) is 12.1. The number of urea groups is 1. The molecule has 2 N–H and O–H groups in total. The number of hydrogen-bond acceptors (Lipinski definition) is 3. The summed E-state index contributed by atoms with van der Waals surface area (Å²) in [5, 5.41) is 4.69. The van der Waals surface area contributed by atoms with Crippen molar-refractivity contribution in [3.63, 3.8) is 0 Å². The molecule has 1 atom stereocenters. The summed E-state index contributed by atoms with van der Waals surface area (Å²) in [7, 11) is 1.84. The predicted molar refractivity (Wildman–Crippen MR) is 73.9 cm³/mol. The fraction of sp³-hybridized carbons (Fsp3) is 0.786. The van der Waals surface area contributed by atoms with Gasteiger partial charge in [-0.15, -0.1) is 0 Å². The zero-order valence-electron chi connectivity index (χ0n) is 12.1. The molecule has 112 valence electrons. The molecule has 1 aliphatic heterocycles. The standard InChI is InChI=1S/C14H23N3O3/c1-9-3-5-10(6-4-9)17(2)12(18)8-7-11-13(19)16-14(20)15-11/h9-11H,3-8H2,1-2H3,(H2,15,16,19,20). The van der Waals surface area contributed by atoms with Gasteiger partial charge in [0.05, 0.1) is 0 Å². The van der Waals surface area contributed by atoms with Crippen LogP contribution in [0.5, 0.6) is 0 Å². The van der Waals surface area contributed by atoms with Gasteiger partial charge in [0, 0.05) is 19.5 Å². The smallest absolute Gasteiger partial charge is 0.322 e. The molecule has 0 spiro atoms. The molecular weight excluding hydrogens is 258 g/mol. The highest BCUT2D eigenvalue weighted by Gasteiger charge is 2.31. The third kappa shape index (κ3) is 3.49. The van der Waals surface area contributed by atoms with E-state index in [9.17, 15) is 14.4 Å². The van der Waals surface area contributed by atoms with Crippen LogP contribution in [-0.2, 0) is 9.59 Å². The average molecular weight is 281 g/mol. The first-order chi connectivity index (χ1) is 9.47. The van der Waals surface area contributed by atoms with Crippen LogP contribution in [0.4, 0.5) is 4.79 Å². The minimum atomic E-state index is -0.564. The summed E-state index contributed by atoms with van der Waals surface area (Å²) < 4.78 is 0. The fourth-order valence-corrected chi connectivity index (χ4v) is 2.94. The highest BCUT2D eigenvalue weighted by molar-refractivity contribution is 6.04. The maximum absolute atomic E-state index is 12.2. The van der Waals surface area contributed by atoms with Gasteiger partial charge in [0.2, 0.25) is 5.91 Å². The lowest BCUT2D eigenvalue weighted by Crippen LogP contribution is -2.40. The van der Waals surface area contributed by atoms with Crippen molar-refractivity contribution in [1.29, 1.82) is 0 Å². The topological polar surface area (TPSA) is 78.5 Å². The van der Waals surface area contributed by atoms with Crippen molar-refractivity contribution in [2.24, 2.45) is 5.92 Å². The van der Waals surface area contributed by atoms with E-state index in [1.807, 2.05) is 11.9 Å². The van der Waals surface area contributed by atoms with Crippen LogP contribution in [0.1, 0.15) is 45.4 Å². The molecular formula is C14H23N3O3. The first kappa shape index (κ1) is 14.8. The number of rotatable bonds is 4. The van der Waals surface area contributed by atoms with Gasteiger partial charge >= 0.3 is 6.03 Å². The maximum Gasteiger partial charge on any atom is 0.322 e. The molecule has 0 aromatic heterocycles. The second kappa shape index (κ2) is 6.24. The largest absolute Gasteiger partial charge is 0.343 e.